The summed E-state index contributed by atoms with van der Waals surface area (Å²) in [4.78, 5) is 48.2. The van der Waals surface area contributed by atoms with Crippen molar-refractivity contribution in [1.29, 1.82) is 0 Å². The highest BCUT2D eigenvalue weighted by atomic mass is 35.5. The van der Waals surface area contributed by atoms with Crippen molar-refractivity contribution in [3.63, 3.8) is 0 Å². The largest absolute Gasteiger partial charge is 0.481 e. The highest BCUT2D eigenvalue weighted by Gasteiger charge is 2.34. The maximum absolute atomic E-state index is 13.1. The third-order valence-corrected chi connectivity index (χ3v) is 4.88. The fourth-order valence-corrected chi connectivity index (χ4v) is 2.88. The summed E-state index contributed by atoms with van der Waals surface area (Å²) in [6.07, 6.45) is -0.630. The summed E-state index contributed by atoms with van der Waals surface area (Å²) in [7, 11) is 0. The van der Waals surface area contributed by atoms with Crippen LogP contribution in [-0.4, -0.2) is 46.0 Å². The van der Waals surface area contributed by atoms with Crippen LogP contribution in [0.25, 0.3) is 0 Å². The maximum Gasteiger partial charge on any atom is 0.326 e. The van der Waals surface area contributed by atoms with Gasteiger partial charge in [0.25, 0.3) is 0 Å². The Kier molecular flexibility index (Phi) is 8.65. The Morgan fingerprint density at radius 2 is 1.67 bits per heavy atom. The van der Waals surface area contributed by atoms with Gasteiger partial charge in [0.15, 0.2) is 1.41 Å². The average molecular weight is 442 g/mol. The third kappa shape index (κ3) is 7.67. The second-order valence-electron chi connectivity index (χ2n) is 8.04. The van der Waals surface area contributed by atoms with Crippen molar-refractivity contribution in [1.82, 2.24) is 10.6 Å². The number of halogens is 1. The molecule has 1 aromatic carbocycles. The molecule has 0 saturated carbocycles. The fourth-order valence-electron chi connectivity index (χ4n) is 2.75. The van der Waals surface area contributed by atoms with Crippen molar-refractivity contribution in [3.05, 3.63) is 34.9 Å². The minimum atomic E-state index is -1.44. The zero-order valence-corrected chi connectivity index (χ0v) is 18.3. The summed E-state index contributed by atoms with van der Waals surface area (Å²) in [6.45, 7) is 6.86. The first-order chi connectivity index (χ1) is 14.3. The van der Waals surface area contributed by atoms with E-state index in [1.54, 1.807) is 38.1 Å². The maximum atomic E-state index is 13.1. The highest BCUT2D eigenvalue weighted by Crippen LogP contribution is 2.25. The molecule has 30 heavy (non-hydrogen) atoms. The second kappa shape index (κ2) is 11.0. The number of aliphatic carboxylic acids is 2. The van der Waals surface area contributed by atoms with Crippen molar-refractivity contribution in [2.75, 3.05) is 0 Å². The second-order valence-corrected chi connectivity index (χ2v) is 8.48. The van der Waals surface area contributed by atoms with Crippen LogP contribution >= 0.6 is 11.6 Å². The number of amides is 2. The lowest BCUT2D eigenvalue weighted by Crippen LogP contribution is -2.54. The molecule has 0 spiro atoms. The van der Waals surface area contributed by atoms with E-state index in [2.05, 4.69) is 5.32 Å². The molecule has 2 amide bonds. The van der Waals surface area contributed by atoms with Crippen LogP contribution in [0.5, 0.6) is 0 Å². The van der Waals surface area contributed by atoms with Gasteiger partial charge in [-0.2, -0.15) is 0 Å². The molecule has 1 rings (SSSR count). The molecule has 0 aliphatic heterocycles. The summed E-state index contributed by atoms with van der Waals surface area (Å²) in [5, 5.41) is 21.4. The molecule has 166 valence electrons. The monoisotopic (exact) mass is 441 g/mol. The molecular weight excluding hydrogens is 412 g/mol. The number of carbonyl (C=O) groups is 4. The quantitative estimate of drug-likeness (QED) is 0.417. The standard InChI is InChI=1S/C21H29ClN2O6/c1-12(2)11-16(18(27)23-15(19(28)29)9-10-17(25)26)24-20(30)21(3,4)13-5-7-14(22)8-6-13/h5-8,12,15-16H,9-11H2,1-4H3,(H,23,27)(H,24,30)(H,25,26)(H,28,29)/t15-,16-/m0/s1/i/hD. The van der Waals surface area contributed by atoms with Crippen molar-refractivity contribution in [3.8, 4) is 0 Å². The van der Waals surface area contributed by atoms with Gasteiger partial charge in [0.2, 0.25) is 11.8 Å². The van der Waals surface area contributed by atoms with E-state index < -0.39 is 47.7 Å². The highest BCUT2D eigenvalue weighted by molar-refractivity contribution is 6.30. The first-order valence-corrected chi connectivity index (χ1v) is 9.98. The Labute approximate surface area is 182 Å². The van der Waals surface area contributed by atoms with Gasteiger partial charge in [-0.15, -0.1) is 0 Å². The number of nitrogens with one attached hydrogen (secondary N) is 2. The molecule has 0 fully saturated rings. The van der Waals surface area contributed by atoms with Gasteiger partial charge in [0.1, 0.15) is 12.1 Å². The third-order valence-electron chi connectivity index (χ3n) is 4.63. The predicted octanol–water partition coefficient (Wildman–Crippen LogP) is 2.58. The average Bonchev–Trinajstić information content (AvgIpc) is 2.67. The molecule has 8 nitrogen and oxygen atoms in total. The predicted molar refractivity (Wildman–Crippen MR) is 112 cm³/mol. The lowest BCUT2D eigenvalue weighted by atomic mass is 9.83. The van der Waals surface area contributed by atoms with Crippen molar-refractivity contribution < 1.29 is 30.8 Å². The van der Waals surface area contributed by atoms with Crippen LogP contribution in [0.2, 0.25) is 6.43 Å². The van der Waals surface area contributed by atoms with Gasteiger partial charge in [-0.25, -0.2) is 4.79 Å². The van der Waals surface area contributed by atoms with Gasteiger partial charge in [0, 0.05) is 11.4 Å². The molecule has 0 aromatic heterocycles. The Morgan fingerprint density at radius 3 is 2.13 bits per heavy atom. The molecular formula is C21H29ClN2O6. The van der Waals surface area contributed by atoms with Crippen LogP contribution in [0.15, 0.2) is 24.3 Å². The first kappa shape index (κ1) is 23.7. The number of carboxylic acids is 2. The molecule has 4 N–H and O–H groups in total. The van der Waals surface area contributed by atoms with Crippen LogP contribution in [0.1, 0.15) is 52.5 Å². The zero-order valence-electron chi connectivity index (χ0n) is 18.5. The van der Waals surface area contributed by atoms with Crippen LogP contribution < -0.4 is 10.6 Å². The van der Waals surface area contributed by atoms with E-state index >= 15 is 0 Å². The van der Waals surface area contributed by atoms with Gasteiger partial charge in [-0.05, 0) is 50.3 Å². The van der Waals surface area contributed by atoms with E-state index in [1.165, 1.54) is 0 Å². The van der Waals surface area contributed by atoms with Crippen molar-refractivity contribution >= 4 is 35.4 Å². The molecule has 9 heteroatoms. The van der Waals surface area contributed by atoms with E-state index in [0.717, 1.165) is 0 Å². The van der Waals surface area contributed by atoms with E-state index in [-0.39, 0.29) is 18.8 Å². The smallest absolute Gasteiger partial charge is 0.326 e. The molecule has 2 atom stereocenters. The number of carboxylic acid groups (broad SMARTS) is 2. The number of hydrogen-bond acceptors (Lipinski definition) is 4. The topological polar surface area (TPSA) is 133 Å². The summed E-state index contributed by atoms with van der Waals surface area (Å²) in [5.74, 6) is -4.12. The van der Waals surface area contributed by atoms with E-state index in [4.69, 9.17) is 18.1 Å². The van der Waals surface area contributed by atoms with Gasteiger partial charge in [-0.3, -0.25) is 14.4 Å². The number of hydrogen-bond donors (Lipinski definition) is 4. The number of benzene rings is 1. The zero-order chi connectivity index (χ0) is 23.9. The molecule has 0 aliphatic carbocycles. The van der Waals surface area contributed by atoms with E-state index in [0.29, 0.717) is 15.9 Å². The molecule has 0 saturated heterocycles. The summed E-state index contributed by atoms with van der Waals surface area (Å²) >= 11 is 5.90. The molecule has 0 heterocycles. The number of rotatable bonds is 11. The SMILES string of the molecule is [2H]N(C(=O)C(C)(C)c1ccc(Cl)cc1)[C@@H](CC(C)C)C(=O)N[C@@H](CCC(=O)O)C(=O)O. The normalized spacial score (nSPS) is 13.9. The van der Waals surface area contributed by atoms with Gasteiger partial charge < -0.3 is 20.8 Å². The van der Waals surface area contributed by atoms with Gasteiger partial charge in [0.05, 0.1) is 5.41 Å². The first-order valence-electron chi connectivity index (χ1n) is 10.1. The van der Waals surface area contributed by atoms with Crippen molar-refractivity contribution in [2.45, 2.75) is 64.5 Å². The molecule has 0 radical (unpaired) electrons. The molecule has 1 aromatic rings. The van der Waals surface area contributed by atoms with Gasteiger partial charge >= 0.3 is 11.9 Å². The molecule has 0 unspecified atom stereocenters. The minimum absolute atomic E-state index is 0.0719. The number of carbonyl (C=O) groups excluding carboxylic acids is 2. The summed E-state index contributed by atoms with van der Waals surface area (Å²) in [5.41, 5.74) is -0.537. The summed E-state index contributed by atoms with van der Waals surface area (Å²) < 4.78 is 8.38. The Bertz CT molecular complexity index is 813. The van der Waals surface area contributed by atoms with Crippen LogP contribution in [0, 0.1) is 5.92 Å². The summed E-state index contributed by atoms with van der Waals surface area (Å²) in [6, 6.07) is 3.89. The van der Waals surface area contributed by atoms with E-state index in [1.807, 2.05) is 13.8 Å². The van der Waals surface area contributed by atoms with E-state index in [9.17, 15) is 24.3 Å². The lowest BCUT2D eigenvalue weighted by molar-refractivity contribution is -0.143. The minimum Gasteiger partial charge on any atom is -0.481 e. The lowest BCUT2D eigenvalue weighted by Gasteiger charge is -2.29. The van der Waals surface area contributed by atoms with Crippen LogP contribution in [0.4, 0.5) is 0 Å². The Balaban J connectivity index is 3.11. The van der Waals surface area contributed by atoms with Crippen molar-refractivity contribution in [2.24, 2.45) is 5.92 Å². The molecule has 0 bridgehead atoms. The Morgan fingerprint density at radius 1 is 1.10 bits per heavy atom. The van der Waals surface area contributed by atoms with Crippen LogP contribution in [-0.2, 0) is 24.6 Å². The fraction of sp³-hybridized carbons (Fsp3) is 0.524. The van der Waals surface area contributed by atoms with Crippen LogP contribution in [0.3, 0.4) is 0 Å². The molecule has 0 aliphatic rings. The van der Waals surface area contributed by atoms with Gasteiger partial charge in [-0.1, -0.05) is 37.6 Å². The Hall–Kier alpha value is -2.61.